The predicted octanol–water partition coefficient (Wildman–Crippen LogP) is 4.81. The summed E-state index contributed by atoms with van der Waals surface area (Å²) in [7, 11) is 1.88. The number of hydrogen-bond acceptors (Lipinski definition) is 4. The highest BCUT2D eigenvalue weighted by molar-refractivity contribution is 6.10. The number of alkyl halides is 3. The Hall–Kier alpha value is -3.20. The number of nitrogens with zero attached hydrogens (tertiary/aromatic N) is 4. The summed E-state index contributed by atoms with van der Waals surface area (Å²) < 4.78 is 44.1. The van der Waals surface area contributed by atoms with Gasteiger partial charge in [-0.15, -0.1) is 10.2 Å². The fourth-order valence-electron chi connectivity index (χ4n) is 5.15. The van der Waals surface area contributed by atoms with Crippen LogP contribution in [-0.2, 0) is 26.2 Å². The number of anilines is 1. The molecule has 0 aliphatic carbocycles. The van der Waals surface area contributed by atoms with E-state index < -0.39 is 11.7 Å². The van der Waals surface area contributed by atoms with Crippen LogP contribution < -0.4 is 10.2 Å². The molecule has 3 heterocycles. The molecular weight excluding hydrogens is 455 g/mol. The van der Waals surface area contributed by atoms with E-state index in [1.54, 1.807) is 18.5 Å². The number of rotatable bonds is 5. The Labute approximate surface area is 202 Å². The number of benzene rings is 2. The smallest absolute Gasteiger partial charge is 0.321 e. The second-order valence-corrected chi connectivity index (χ2v) is 9.59. The van der Waals surface area contributed by atoms with Gasteiger partial charge in [-0.1, -0.05) is 19.1 Å². The molecule has 1 saturated heterocycles. The molecule has 0 saturated carbocycles. The molecule has 9 heteroatoms. The molecule has 1 fully saturated rings. The molecule has 1 N–H and O–H groups in total. The van der Waals surface area contributed by atoms with Crippen LogP contribution in [0.1, 0.15) is 70.0 Å². The zero-order valence-electron chi connectivity index (χ0n) is 19.8. The number of carbonyl (C=O) groups is 1. The zero-order valence-corrected chi connectivity index (χ0v) is 19.8. The molecule has 1 amide bonds. The highest BCUT2D eigenvalue weighted by Gasteiger charge is 2.41. The molecule has 5 rings (SSSR count). The molecule has 1 aromatic heterocycles. The molecule has 2 aliphatic heterocycles. The number of hydrogen-bond donors (Lipinski definition) is 1. The summed E-state index contributed by atoms with van der Waals surface area (Å²) in [6, 6.07) is 10.4. The Morgan fingerprint density at radius 1 is 1.23 bits per heavy atom. The average Bonchev–Trinajstić information content (AvgIpc) is 3.41. The first-order chi connectivity index (χ1) is 16.7. The van der Waals surface area contributed by atoms with Crippen molar-refractivity contribution in [2.75, 3.05) is 18.0 Å². The Morgan fingerprint density at radius 3 is 2.74 bits per heavy atom. The largest absolute Gasteiger partial charge is 0.416 e. The summed E-state index contributed by atoms with van der Waals surface area (Å²) in [4.78, 5) is 14.9. The van der Waals surface area contributed by atoms with Gasteiger partial charge in [-0.3, -0.25) is 4.79 Å². The third-order valence-electron chi connectivity index (χ3n) is 7.18. The van der Waals surface area contributed by atoms with Crippen molar-refractivity contribution in [3.8, 4) is 0 Å². The summed E-state index contributed by atoms with van der Waals surface area (Å²) in [6.45, 7) is 3.46. The zero-order chi connectivity index (χ0) is 24.7. The molecule has 1 unspecified atom stereocenters. The third kappa shape index (κ3) is 4.57. The molecule has 2 aromatic carbocycles. The van der Waals surface area contributed by atoms with Crippen LogP contribution >= 0.6 is 0 Å². The average molecular weight is 484 g/mol. The number of carbonyl (C=O) groups excluding carboxylic acids is 1. The second-order valence-electron chi connectivity index (χ2n) is 9.59. The maximum absolute atomic E-state index is 14.1. The number of halogens is 3. The number of piperidine rings is 1. The van der Waals surface area contributed by atoms with E-state index in [1.807, 2.05) is 29.8 Å². The number of amides is 1. The van der Waals surface area contributed by atoms with Crippen LogP contribution in [0.3, 0.4) is 0 Å². The second kappa shape index (κ2) is 9.11. The van der Waals surface area contributed by atoms with Gasteiger partial charge < -0.3 is 14.8 Å². The number of aryl methyl sites for hydroxylation is 1. The Bertz CT molecular complexity index is 1250. The first kappa shape index (κ1) is 23.5. The summed E-state index contributed by atoms with van der Waals surface area (Å²) in [6.07, 6.45) is -0.501. The molecule has 2 atom stereocenters. The highest BCUT2D eigenvalue weighted by Crippen LogP contribution is 2.41. The predicted molar refractivity (Wildman–Crippen MR) is 126 cm³/mol. The van der Waals surface area contributed by atoms with Crippen LogP contribution in [0.15, 0.2) is 42.7 Å². The fraction of sp³-hybridized carbons (Fsp3) is 0.423. The van der Waals surface area contributed by atoms with Crippen LogP contribution in [-0.4, -0.2) is 33.8 Å². The quantitative estimate of drug-likeness (QED) is 0.566. The molecule has 3 aromatic rings. The standard InChI is InChI=1S/C26H28F3N5O/c1-16(9-24-32-31-15-33(24)2)17-5-3-7-20(10-17)34-14-22-21(25(34)35)11-19(12-23(22)26(27,28)29)18-6-4-8-30-13-18/h3,5,7,10-12,15-16,18,30H,4,6,8-9,13-14H2,1-2H3/t16?,18-/m1/s1. The van der Waals surface area contributed by atoms with Gasteiger partial charge in [-0.05, 0) is 72.2 Å². The minimum absolute atomic E-state index is 0.0261. The van der Waals surface area contributed by atoms with Gasteiger partial charge in [0.05, 0.1) is 12.1 Å². The van der Waals surface area contributed by atoms with E-state index in [-0.39, 0.29) is 35.4 Å². The molecular formula is C26H28F3N5O. The monoisotopic (exact) mass is 483 g/mol. The van der Waals surface area contributed by atoms with Crippen molar-refractivity contribution in [2.45, 2.75) is 50.7 Å². The first-order valence-corrected chi connectivity index (χ1v) is 11.9. The van der Waals surface area contributed by atoms with Crippen molar-refractivity contribution in [1.29, 1.82) is 0 Å². The van der Waals surface area contributed by atoms with Crippen molar-refractivity contribution in [3.63, 3.8) is 0 Å². The van der Waals surface area contributed by atoms with Gasteiger partial charge in [-0.2, -0.15) is 13.2 Å². The van der Waals surface area contributed by atoms with Crippen LogP contribution in [0.4, 0.5) is 18.9 Å². The van der Waals surface area contributed by atoms with Crippen LogP contribution in [0.5, 0.6) is 0 Å². The normalized spacial score (nSPS) is 19.2. The third-order valence-corrected chi connectivity index (χ3v) is 7.18. The van der Waals surface area contributed by atoms with Crippen molar-refractivity contribution >= 4 is 11.6 Å². The van der Waals surface area contributed by atoms with E-state index in [9.17, 15) is 18.0 Å². The van der Waals surface area contributed by atoms with Crippen LogP contribution in [0.25, 0.3) is 0 Å². The van der Waals surface area contributed by atoms with Crippen molar-refractivity contribution in [3.05, 3.63) is 76.4 Å². The summed E-state index contributed by atoms with van der Waals surface area (Å²) in [5, 5.41) is 11.3. The van der Waals surface area contributed by atoms with Gasteiger partial charge in [0.25, 0.3) is 5.91 Å². The van der Waals surface area contributed by atoms with E-state index in [4.69, 9.17) is 0 Å². The number of fused-ring (bicyclic) bond motifs is 1. The van der Waals surface area contributed by atoms with Crippen molar-refractivity contribution in [2.24, 2.45) is 7.05 Å². The van der Waals surface area contributed by atoms with E-state index in [0.717, 1.165) is 30.8 Å². The SMILES string of the molecule is CC(Cc1nncn1C)c1cccc(N2Cc3c(cc([C@@H]4CCCNC4)cc3C(F)(F)F)C2=O)c1. The van der Waals surface area contributed by atoms with Gasteiger partial charge >= 0.3 is 6.18 Å². The fourth-order valence-corrected chi connectivity index (χ4v) is 5.15. The molecule has 35 heavy (non-hydrogen) atoms. The van der Waals surface area contributed by atoms with Gasteiger partial charge in [-0.25, -0.2) is 0 Å². The molecule has 0 bridgehead atoms. The van der Waals surface area contributed by atoms with E-state index in [2.05, 4.69) is 22.4 Å². The van der Waals surface area contributed by atoms with Crippen LogP contribution in [0.2, 0.25) is 0 Å². The molecule has 6 nitrogen and oxygen atoms in total. The lowest BCUT2D eigenvalue weighted by molar-refractivity contribution is -0.138. The van der Waals surface area contributed by atoms with Gasteiger partial charge in [0, 0.05) is 31.3 Å². The summed E-state index contributed by atoms with van der Waals surface area (Å²) in [5.74, 6) is 0.525. The van der Waals surface area contributed by atoms with Gasteiger partial charge in [0.2, 0.25) is 0 Å². The molecule has 0 spiro atoms. The van der Waals surface area contributed by atoms with Crippen LogP contribution in [0, 0.1) is 0 Å². The first-order valence-electron chi connectivity index (χ1n) is 11.9. The summed E-state index contributed by atoms with van der Waals surface area (Å²) in [5.41, 5.74) is 1.70. The lowest BCUT2D eigenvalue weighted by Crippen LogP contribution is -2.28. The lowest BCUT2D eigenvalue weighted by atomic mass is 9.87. The minimum Gasteiger partial charge on any atom is -0.321 e. The van der Waals surface area contributed by atoms with E-state index in [1.165, 1.54) is 11.0 Å². The minimum atomic E-state index is -4.52. The lowest BCUT2D eigenvalue weighted by Gasteiger charge is -2.24. The maximum atomic E-state index is 14.1. The van der Waals surface area contributed by atoms with Gasteiger partial charge in [0.1, 0.15) is 12.2 Å². The molecule has 2 aliphatic rings. The Balaban J connectivity index is 1.46. The molecule has 0 radical (unpaired) electrons. The van der Waals surface area contributed by atoms with Gasteiger partial charge in [0.15, 0.2) is 0 Å². The van der Waals surface area contributed by atoms with Crippen molar-refractivity contribution < 1.29 is 18.0 Å². The van der Waals surface area contributed by atoms with E-state index >= 15 is 0 Å². The highest BCUT2D eigenvalue weighted by atomic mass is 19.4. The maximum Gasteiger partial charge on any atom is 0.416 e. The Kier molecular flexibility index (Phi) is 6.13. The number of nitrogens with one attached hydrogen (secondary N) is 1. The Morgan fingerprint density at radius 2 is 2.06 bits per heavy atom. The number of aromatic nitrogens is 3. The summed E-state index contributed by atoms with van der Waals surface area (Å²) >= 11 is 0. The van der Waals surface area contributed by atoms with E-state index in [0.29, 0.717) is 24.2 Å². The van der Waals surface area contributed by atoms with Crippen molar-refractivity contribution in [1.82, 2.24) is 20.1 Å². The molecule has 184 valence electrons. The topological polar surface area (TPSA) is 63.1 Å².